The molecule has 1 aromatic carbocycles. The number of pyridine rings is 1. The molecule has 1 aromatic heterocycles. The van der Waals surface area contributed by atoms with E-state index in [4.69, 9.17) is 10.8 Å². The molecule has 3 rings (SSSR count). The topological polar surface area (TPSA) is 54.2 Å². The molecule has 4 nitrogen and oxygen atoms in total. The van der Waals surface area contributed by atoms with Crippen LogP contribution < -0.4 is 11.3 Å². The molecule has 112 valence electrons. The molecule has 21 heavy (non-hydrogen) atoms. The summed E-state index contributed by atoms with van der Waals surface area (Å²) in [6.07, 6.45) is 0.858. The van der Waals surface area contributed by atoms with Crippen LogP contribution in [0.2, 0.25) is 0 Å². The van der Waals surface area contributed by atoms with Gasteiger partial charge in [0.2, 0.25) is 0 Å². The normalized spacial score (nSPS) is 21.5. The van der Waals surface area contributed by atoms with Gasteiger partial charge in [-0.3, -0.25) is 16.3 Å². The predicted octanol–water partition coefficient (Wildman–Crippen LogP) is 1.66. The zero-order valence-corrected chi connectivity index (χ0v) is 13.1. The van der Waals surface area contributed by atoms with Gasteiger partial charge in [0.15, 0.2) is 0 Å². The summed E-state index contributed by atoms with van der Waals surface area (Å²) in [5.74, 6) is 8.14. The molecule has 3 N–H and O–H groups in total. The second kappa shape index (κ2) is 6.75. The molecule has 2 atom stereocenters. The van der Waals surface area contributed by atoms with Gasteiger partial charge in [-0.2, -0.15) is 11.8 Å². The van der Waals surface area contributed by atoms with E-state index in [1.54, 1.807) is 0 Å². The maximum Gasteiger partial charge on any atom is 0.0705 e. The number of rotatable bonds is 4. The molecule has 1 saturated heterocycles. The maximum absolute atomic E-state index is 5.81. The van der Waals surface area contributed by atoms with Crippen molar-refractivity contribution in [3.8, 4) is 0 Å². The average molecular weight is 302 g/mol. The summed E-state index contributed by atoms with van der Waals surface area (Å²) in [6, 6.07) is 13.2. The Morgan fingerprint density at radius 2 is 2.24 bits per heavy atom. The lowest BCUT2D eigenvalue weighted by Gasteiger charge is -2.37. The molecule has 2 aromatic rings. The van der Waals surface area contributed by atoms with Crippen LogP contribution in [0.3, 0.4) is 0 Å². The number of hydrazine groups is 1. The fraction of sp³-hybridized carbons (Fsp3) is 0.438. The minimum atomic E-state index is 0.233. The lowest BCUT2D eigenvalue weighted by atomic mass is 10.0. The van der Waals surface area contributed by atoms with Gasteiger partial charge < -0.3 is 4.90 Å². The van der Waals surface area contributed by atoms with Crippen molar-refractivity contribution in [3.63, 3.8) is 0 Å². The van der Waals surface area contributed by atoms with Gasteiger partial charge >= 0.3 is 0 Å². The Labute approximate surface area is 130 Å². The van der Waals surface area contributed by atoms with Crippen LogP contribution in [0.15, 0.2) is 36.4 Å². The Balaban J connectivity index is 1.78. The first-order valence-electron chi connectivity index (χ1n) is 7.36. The van der Waals surface area contributed by atoms with E-state index in [1.165, 1.54) is 11.1 Å². The molecular weight excluding hydrogens is 280 g/mol. The third-order valence-electron chi connectivity index (χ3n) is 4.21. The van der Waals surface area contributed by atoms with Crippen molar-refractivity contribution in [2.75, 3.05) is 25.1 Å². The van der Waals surface area contributed by atoms with Crippen LogP contribution in [-0.2, 0) is 6.42 Å². The Morgan fingerprint density at radius 3 is 3.05 bits per heavy atom. The third kappa shape index (κ3) is 3.37. The van der Waals surface area contributed by atoms with E-state index in [9.17, 15) is 0 Å². The third-order valence-corrected chi connectivity index (χ3v) is 5.26. The van der Waals surface area contributed by atoms with E-state index in [-0.39, 0.29) is 6.04 Å². The van der Waals surface area contributed by atoms with Gasteiger partial charge in [-0.25, -0.2) is 0 Å². The number of para-hydroxylation sites is 1. The number of hydrogen-bond acceptors (Lipinski definition) is 5. The number of nitrogens with zero attached hydrogens (tertiary/aromatic N) is 2. The molecule has 0 bridgehead atoms. The van der Waals surface area contributed by atoms with Crippen LogP contribution in [0.1, 0.15) is 5.69 Å². The van der Waals surface area contributed by atoms with Gasteiger partial charge in [0.05, 0.1) is 5.52 Å². The van der Waals surface area contributed by atoms with Crippen molar-refractivity contribution in [1.82, 2.24) is 15.3 Å². The second-order valence-electron chi connectivity index (χ2n) is 5.60. The Hall–Kier alpha value is -1.14. The molecular formula is C16H22N4S. The molecule has 2 unspecified atom stereocenters. The highest BCUT2D eigenvalue weighted by Gasteiger charge is 2.27. The Kier molecular flexibility index (Phi) is 4.75. The van der Waals surface area contributed by atoms with E-state index in [2.05, 4.69) is 41.6 Å². The van der Waals surface area contributed by atoms with E-state index in [0.29, 0.717) is 6.04 Å². The first-order valence-corrected chi connectivity index (χ1v) is 8.52. The Morgan fingerprint density at radius 1 is 1.38 bits per heavy atom. The molecule has 1 fully saturated rings. The number of fused-ring (bicyclic) bond motifs is 1. The quantitative estimate of drug-likeness (QED) is 0.664. The first kappa shape index (κ1) is 14.8. The fourth-order valence-corrected chi connectivity index (χ4v) is 4.19. The first-order chi connectivity index (χ1) is 10.3. The molecule has 0 saturated carbocycles. The van der Waals surface area contributed by atoms with E-state index < -0.39 is 0 Å². The van der Waals surface area contributed by atoms with Crippen molar-refractivity contribution < 1.29 is 0 Å². The van der Waals surface area contributed by atoms with Crippen molar-refractivity contribution in [2.45, 2.75) is 18.5 Å². The SMILES string of the molecule is CN1CCSCC1C(Cc1ccc2ccccc2n1)NN. The van der Waals surface area contributed by atoms with E-state index in [1.807, 2.05) is 23.9 Å². The fourth-order valence-electron chi connectivity index (χ4n) is 2.88. The predicted molar refractivity (Wildman–Crippen MR) is 90.3 cm³/mol. The highest BCUT2D eigenvalue weighted by molar-refractivity contribution is 7.99. The van der Waals surface area contributed by atoms with E-state index >= 15 is 0 Å². The Bertz CT molecular complexity index is 604. The standard InChI is InChI=1S/C16H22N4S/c1-20-8-9-21-11-16(20)15(19-17)10-13-7-6-12-4-2-3-5-14(12)18-13/h2-7,15-16,19H,8-11,17H2,1H3. The molecule has 0 aliphatic carbocycles. The van der Waals surface area contributed by atoms with Crippen molar-refractivity contribution in [1.29, 1.82) is 0 Å². The minimum Gasteiger partial charge on any atom is -0.300 e. The van der Waals surface area contributed by atoms with Crippen LogP contribution >= 0.6 is 11.8 Å². The van der Waals surface area contributed by atoms with Gasteiger partial charge in [0, 0.05) is 47.6 Å². The lowest BCUT2D eigenvalue weighted by molar-refractivity contribution is 0.213. The molecule has 2 heterocycles. The van der Waals surface area contributed by atoms with Crippen LogP contribution in [0.4, 0.5) is 0 Å². The molecule has 1 aliphatic heterocycles. The van der Waals surface area contributed by atoms with Crippen LogP contribution in [0.5, 0.6) is 0 Å². The highest BCUT2D eigenvalue weighted by atomic mass is 32.2. The molecule has 0 radical (unpaired) electrons. The monoisotopic (exact) mass is 302 g/mol. The lowest BCUT2D eigenvalue weighted by Crippen LogP contribution is -2.55. The zero-order chi connectivity index (χ0) is 14.7. The molecule has 0 amide bonds. The number of thioether (sulfide) groups is 1. The van der Waals surface area contributed by atoms with Gasteiger partial charge in [0.1, 0.15) is 0 Å². The highest BCUT2D eigenvalue weighted by Crippen LogP contribution is 2.20. The zero-order valence-electron chi connectivity index (χ0n) is 12.3. The number of nitrogens with one attached hydrogen (secondary N) is 1. The minimum absolute atomic E-state index is 0.233. The number of likely N-dealkylation sites (N-methyl/N-ethyl adjacent to an activating group) is 1. The van der Waals surface area contributed by atoms with Crippen LogP contribution in [0, 0.1) is 0 Å². The van der Waals surface area contributed by atoms with Gasteiger partial charge in [-0.1, -0.05) is 24.3 Å². The molecule has 0 spiro atoms. The average Bonchev–Trinajstić information content (AvgIpc) is 2.53. The van der Waals surface area contributed by atoms with Crippen LogP contribution in [0.25, 0.3) is 10.9 Å². The van der Waals surface area contributed by atoms with Gasteiger partial charge in [-0.05, 0) is 19.2 Å². The molecule has 5 heteroatoms. The van der Waals surface area contributed by atoms with Crippen molar-refractivity contribution in [2.24, 2.45) is 5.84 Å². The summed E-state index contributed by atoms with van der Waals surface area (Å²) in [6.45, 7) is 1.12. The van der Waals surface area contributed by atoms with E-state index in [0.717, 1.165) is 29.9 Å². The summed E-state index contributed by atoms with van der Waals surface area (Å²) in [4.78, 5) is 7.17. The van der Waals surface area contributed by atoms with Crippen LogP contribution in [-0.4, -0.2) is 47.1 Å². The van der Waals surface area contributed by atoms with Gasteiger partial charge in [-0.15, -0.1) is 0 Å². The molecule has 1 aliphatic rings. The second-order valence-corrected chi connectivity index (χ2v) is 6.75. The summed E-state index contributed by atoms with van der Waals surface area (Å²) < 4.78 is 0. The largest absolute Gasteiger partial charge is 0.300 e. The smallest absolute Gasteiger partial charge is 0.0705 e. The number of nitrogens with two attached hydrogens (primary N) is 1. The summed E-state index contributed by atoms with van der Waals surface area (Å²) >= 11 is 2.01. The van der Waals surface area contributed by atoms with Crippen molar-refractivity contribution >= 4 is 22.7 Å². The van der Waals surface area contributed by atoms with Crippen molar-refractivity contribution in [3.05, 3.63) is 42.1 Å². The summed E-state index contributed by atoms with van der Waals surface area (Å²) in [5.41, 5.74) is 5.15. The summed E-state index contributed by atoms with van der Waals surface area (Å²) in [7, 11) is 2.18. The number of hydrogen-bond donors (Lipinski definition) is 2. The van der Waals surface area contributed by atoms with Gasteiger partial charge in [0.25, 0.3) is 0 Å². The maximum atomic E-state index is 5.81. The number of aromatic nitrogens is 1. The summed E-state index contributed by atoms with van der Waals surface area (Å²) in [5, 5.41) is 1.18. The number of benzene rings is 1.